The summed E-state index contributed by atoms with van der Waals surface area (Å²) in [7, 11) is 0. The van der Waals surface area contributed by atoms with Crippen LogP contribution in [0.5, 0.6) is 0 Å². The van der Waals surface area contributed by atoms with Gasteiger partial charge in [-0.3, -0.25) is 0 Å². The highest BCUT2D eigenvalue weighted by atomic mass is 32.2. The molecule has 0 unspecified atom stereocenters. The molecule has 0 aliphatic carbocycles. The maximum absolute atomic E-state index is 10.0. The minimum atomic E-state index is -0.810. The molecule has 0 amide bonds. The Morgan fingerprint density at radius 1 is 1.75 bits per heavy atom. The molecule has 0 aromatic rings. The number of hydrogen-bond acceptors (Lipinski definition) is 2. The second-order valence-electron chi connectivity index (χ2n) is 0.126. The first kappa shape index (κ1) is 4.17. The van der Waals surface area contributed by atoms with Gasteiger partial charge in [0, 0.05) is 0 Å². The summed E-state index contributed by atoms with van der Waals surface area (Å²) in [5, 5.41) is 0. The van der Waals surface area contributed by atoms with Gasteiger partial charge in [0.05, 0.1) is 0 Å². The zero-order valence-electron chi connectivity index (χ0n) is 1.57. The van der Waals surface area contributed by atoms with Gasteiger partial charge in [-0.05, 0) is 4.53 Å². The molecular weight excluding hydrogens is 86.1 g/mol. The van der Waals surface area contributed by atoms with Gasteiger partial charge >= 0.3 is 0 Å². The highest BCUT2D eigenvalue weighted by Crippen LogP contribution is 1.99. The molecule has 4 heteroatoms. The Morgan fingerprint density at radius 2 is 2.00 bits per heavy atom. The van der Waals surface area contributed by atoms with Crippen molar-refractivity contribution in [3.05, 3.63) is 0 Å². The SMILES string of the molecule is FOSF. The van der Waals surface area contributed by atoms with Gasteiger partial charge in [0.15, 0.2) is 0 Å². The fourth-order valence-electron chi connectivity index (χ4n) is 0. The first-order valence-corrected chi connectivity index (χ1v) is 1.12. The summed E-state index contributed by atoms with van der Waals surface area (Å²) >= 11 is -0.810. The molecule has 26 valence electrons. The number of hydrogen-bond donors (Lipinski definition) is 0. The molecule has 0 radical (unpaired) electrons. The molecular formula is F2OS. The Morgan fingerprint density at radius 3 is 2.00 bits per heavy atom. The molecule has 1 nitrogen and oxygen atoms in total. The Hall–Kier alpha value is 0.170. The van der Waals surface area contributed by atoms with Crippen LogP contribution in [0.15, 0.2) is 0 Å². The maximum Gasteiger partial charge on any atom is 0.247 e. The molecule has 0 aliphatic heterocycles. The summed E-state index contributed by atoms with van der Waals surface area (Å²) in [6.07, 6.45) is 0. The Labute approximate surface area is 26.3 Å². The van der Waals surface area contributed by atoms with Crippen molar-refractivity contribution < 1.29 is 12.8 Å². The third kappa shape index (κ3) is 2.17. The van der Waals surface area contributed by atoms with Crippen LogP contribution in [-0.2, 0) is 4.39 Å². The van der Waals surface area contributed by atoms with Crippen molar-refractivity contribution >= 4 is 12.4 Å². The van der Waals surface area contributed by atoms with Gasteiger partial charge in [0.25, 0.3) is 0 Å². The van der Waals surface area contributed by atoms with Crippen molar-refractivity contribution in [3.8, 4) is 0 Å². The fraction of sp³-hybridized carbons (Fsp3) is 0. The second-order valence-corrected chi connectivity index (χ2v) is 0.378. The monoisotopic (exact) mass is 86.0 g/mol. The van der Waals surface area contributed by atoms with Crippen LogP contribution in [0.25, 0.3) is 0 Å². The summed E-state index contributed by atoms with van der Waals surface area (Å²) in [4.78, 5) is 0. The van der Waals surface area contributed by atoms with Crippen molar-refractivity contribution in [2.75, 3.05) is 0 Å². The zero-order valence-corrected chi connectivity index (χ0v) is 2.39. The zero-order chi connectivity index (χ0) is 3.41. The average Bonchev–Trinajstić information content (AvgIpc) is 1.37. The second kappa shape index (κ2) is 3.17. The summed E-state index contributed by atoms with van der Waals surface area (Å²) < 4.78 is 22.1. The minimum Gasteiger partial charge on any atom is -0.130 e. The van der Waals surface area contributed by atoms with Crippen molar-refractivity contribution in [1.82, 2.24) is 0 Å². The Bertz CT molecular complexity index is 8.00. The minimum absolute atomic E-state index is 0.810. The predicted molar refractivity (Wildman–Crippen MR) is 10.9 cm³/mol. The molecule has 0 fully saturated rings. The third-order valence-electron chi connectivity index (χ3n) is 0.0238. The summed E-state index contributed by atoms with van der Waals surface area (Å²) in [6, 6.07) is 0. The smallest absolute Gasteiger partial charge is 0.130 e. The van der Waals surface area contributed by atoms with Crippen LogP contribution in [0.1, 0.15) is 0 Å². The average molecular weight is 86.1 g/mol. The lowest BCUT2D eigenvalue weighted by atomic mass is 15.6. The van der Waals surface area contributed by atoms with E-state index in [-0.39, 0.29) is 0 Å². The first-order chi connectivity index (χ1) is 1.91. The molecule has 0 spiro atoms. The van der Waals surface area contributed by atoms with Crippen LogP contribution < -0.4 is 0 Å². The highest BCUT2D eigenvalue weighted by molar-refractivity contribution is 7.89. The maximum atomic E-state index is 10.0. The molecule has 0 heterocycles. The summed E-state index contributed by atoms with van der Waals surface area (Å²) in [5.74, 6) is 0. The van der Waals surface area contributed by atoms with Crippen molar-refractivity contribution in [3.63, 3.8) is 0 Å². The van der Waals surface area contributed by atoms with E-state index in [1.807, 2.05) is 0 Å². The third-order valence-corrected chi connectivity index (χ3v) is 0.0714. The Kier molecular flexibility index (Phi) is 3.30. The molecule has 0 saturated heterocycles. The molecule has 0 aromatic carbocycles. The quantitative estimate of drug-likeness (QED) is 0.446. The highest BCUT2D eigenvalue weighted by Gasteiger charge is 1.67. The molecule has 0 aliphatic rings. The topological polar surface area (TPSA) is 9.23 Å². The molecule has 0 aromatic heterocycles. The van der Waals surface area contributed by atoms with Gasteiger partial charge in [-0.25, -0.2) is 0 Å². The number of rotatable bonds is 1. The van der Waals surface area contributed by atoms with Crippen molar-refractivity contribution in [2.45, 2.75) is 0 Å². The van der Waals surface area contributed by atoms with Crippen molar-refractivity contribution in [2.24, 2.45) is 0 Å². The van der Waals surface area contributed by atoms with E-state index in [1.165, 1.54) is 0 Å². The van der Waals surface area contributed by atoms with Crippen LogP contribution in [0.3, 0.4) is 0 Å². The van der Waals surface area contributed by atoms with E-state index in [0.29, 0.717) is 0 Å². The van der Waals surface area contributed by atoms with E-state index in [2.05, 4.69) is 4.39 Å². The standard InChI is InChI=1S/F2OS/c1-3-4-2. The van der Waals surface area contributed by atoms with Crippen LogP contribution in [0.2, 0.25) is 0 Å². The van der Waals surface area contributed by atoms with Crippen LogP contribution >= 0.6 is 12.4 Å². The van der Waals surface area contributed by atoms with Gasteiger partial charge in [-0.15, -0.1) is 3.89 Å². The van der Waals surface area contributed by atoms with Gasteiger partial charge < -0.3 is 0 Å². The molecule has 4 heavy (non-hydrogen) atoms. The first-order valence-electron chi connectivity index (χ1n) is 0.475. The van der Waals surface area contributed by atoms with Gasteiger partial charge in [0.1, 0.15) is 0 Å². The van der Waals surface area contributed by atoms with E-state index in [4.69, 9.17) is 0 Å². The van der Waals surface area contributed by atoms with Gasteiger partial charge in [0.2, 0.25) is 12.4 Å². The fourth-order valence-corrected chi connectivity index (χ4v) is 0. The summed E-state index contributed by atoms with van der Waals surface area (Å²) in [5.41, 5.74) is 0. The van der Waals surface area contributed by atoms with E-state index in [9.17, 15) is 8.41 Å². The van der Waals surface area contributed by atoms with E-state index < -0.39 is 12.4 Å². The normalized spacial score (nSPS) is 7.50. The van der Waals surface area contributed by atoms with Gasteiger partial charge in [-0.2, -0.15) is 0 Å². The van der Waals surface area contributed by atoms with E-state index in [0.717, 1.165) is 0 Å². The van der Waals surface area contributed by atoms with E-state index >= 15 is 0 Å². The lowest BCUT2D eigenvalue weighted by molar-refractivity contribution is 0.0178. The molecule has 0 atom stereocenters. The van der Waals surface area contributed by atoms with Gasteiger partial charge in [-0.1, -0.05) is 4.39 Å². The lowest BCUT2D eigenvalue weighted by Gasteiger charge is -1.59. The molecule has 0 N–H and O–H groups in total. The van der Waals surface area contributed by atoms with Crippen LogP contribution in [0, 0.1) is 0 Å². The number of halogens is 2. The lowest BCUT2D eigenvalue weighted by Crippen LogP contribution is -1.34. The largest absolute Gasteiger partial charge is 0.247 e. The molecule has 0 rings (SSSR count). The summed E-state index contributed by atoms with van der Waals surface area (Å²) in [6.45, 7) is 0. The van der Waals surface area contributed by atoms with Crippen LogP contribution in [0.4, 0.5) is 8.41 Å². The van der Waals surface area contributed by atoms with Crippen LogP contribution in [-0.4, -0.2) is 0 Å². The van der Waals surface area contributed by atoms with Crippen molar-refractivity contribution in [1.29, 1.82) is 0 Å². The Balaban J connectivity index is 1.97. The predicted octanol–water partition coefficient (Wildman–Crippen LogP) is 1.42. The molecule has 0 saturated carbocycles. The van der Waals surface area contributed by atoms with E-state index in [1.54, 1.807) is 0 Å². The molecule has 0 bridgehead atoms.